The van der Waals surface area contributed by atoms with Gasteiger partial charge in [0.1, 0.15) is 5.82 Å². The van der Waals surface area contributed by atoms with Gasteiger partial charge in [0.15, 0.2) is 0 Å². The summed E-state index contributed by atoms with van der Waals surface area (Å²) in [4.78, 5) is 4.38. The number of benzene rings is 1. The molecule has 1 N–H and O–H groups in total. The van der Waals surface area contributed by atoms with Gasteiger partial charge in [-0.1, -0.05) is 56.5 Å². The van der Waals surface area contributed by atoms with Gasteiger partial charge in [-0.2, -0.15) is 0 Å². The van der Waals surface area contributed by atoms with E-state index >= 15 is 0 Å². The molecule has 3 nitrogen and oxygen atoms in total. The van der Waals surface area contributed by atoms with Crippen LogP contribution in [0.15, 0.2) is 42.7 Å². The molecule has 1 heterocycles. The summed E-state index contributed by atoms with van der Waals surface area (Å²) < 4.78 is 2.07. The third-order valence-electron chi connectivity index (χ3n) is 3.73. The minimum Gasteiger partial charge on any atom is -0.337 e. The van der Waals surface area contributed by atoms with E-state index in [1.807, 2.05) is 19.4 Å². The molecule has 1 unspecified atom stereocenters. The number of imidazole rings is 1. The molecular formula is C17H25N3. The predicted octanol–water partition coefficient (Wildman–Crippen LogP) is 3.83. The number of rotatable bonds is 8. The molecule has 0 saturated carbocycles. The molecule has 0 saturated heterocycles. The molecular weight excluding hydrogens is 246 g/mol. The van der Waals surface area contributed by atoms with E-state index in [0.29, 0.717) is 6.04 Å². The van der Waals surface area contributed by atoms with E-state index in [4.69, 9.17) is 0 Å². The lowest BCUT2D eigenvalue weighted by Gasteiger charge is -2.19. The monoisotopic (exact) mass is 271 g/mol. The molecule has 0 fully saturated rings. The molecule has 2 rings (SSSR count). The van der Waals surface area contributed by atoms with Gasteiger partial charge in [0.2, 0.25) is 0 Å². The minimum absolute atomic E-state index is 0.416. The molecule has 1 aromatic heterocycles. The highest BCUT2D eigenvalue weighted by molar-refractivity contribution is 5.18. The molecule has 0 aliphatic heterocycles. The van der Waals surface area contributed by atoms with Crippen LogP contribution in [-0.4, -0.2) is 9.55 Å². The molecule has 0 spiro atoms. The van der Waals surface area contributed by atoms with Crippen molar-refractivity contribution in [2.24, 2.45) is 7.05 Å². The summed E-state index contributed by atoms with van der Waals surface area (Å²) in [7, 11) is 2.04. The zero-order valence-corrected chi connectivity index (χ0v) is 12.5. The average molecular weight is 271 g/mol. The molecule has 1 atom stereocenters. The normalized spacial score (nSPS) is 12.5. The van der Waals surface area contributed by atoms with E-state index in [1.165, 1.54) is 31.2 Å². The van der Waals surface area contributed by atoms with E-state index in [0.717, 1.165) is 12.4 Å². The highest BCUT2D eigenvalue weighted by Crippen LogP contribution is 2.20. The van der Waals surface area contributed by atoms with Crippen LogP contribution in [0.4, 0.5) is 0 Å². The van der Waals surface area contributed by atoms with Crippen LogP contribution in [-0.2, 0) is 13.6 Å². The van der Waals surface area contributed by atoms with Crippen molar-refractivity contribution in [2.75, 3.05) is 0 Å². The summed E-state index contributed by atoms with van der Waals surface area (Å²) >= 11 is 0. The first-order chi connectivity index (χ1) is 9.81. The number of nitrogens with one attached hydrogen (secondary N) is 1. The third kappa shape index (κ3) is 4.20. The van der Waals surface area contributed by atoms with Gasteiger partial charge < -0.3 is 9.88 Å². The van der Waals surface area contributed by atoms with Crippen LogP contribution in [0.5, 0.6) is 0 Å². The van der Waals surface area contributed by atoms with Gasteiger partial charge >= 0.3 is 0 Å². The highest BCUT2D eigenvalue weighted by Gasteiger charge is 2.11. The lowest BCUT2D eigenvalue weighted by Crippen LogP contribution is -2.22. The van der Waals surface area contributed by atoms with Crippen LogP contribution in [0.1, 0.15) is 50.0 Å². The van der Waals surface area contributed by atoms with Gasteiger partial charge in [-0.15, -0.1) is 0 Å². The maximum atomic E-state index is 4.38. The quantitative estimate of drug-likeness (QED) is 0.739. The smallest absolute Gasteiger partial charge is 0.122 e. The largest absolute Gasteiger partial charge is 0.337 e. The van der Waals surface area contributed by atoms with Crippen LogP contribution >= 0.6 is 0 Å². The van der Waals surface area contributed by atoms with E-state index in [9.17, 15) is 0 Å². The van der Waals surface area contributed by atoms with Crippen LogP contribution in [0.25, 0.3) is 0 Å². The van der Waals surface area contributed by atoms with Crippen molar-refractivity contribution in [1.29, 1.82) is 0 Å². The lowest BCUT2D eigenvalue weighted by atomic mass is 10.0. The summed E-state index contributed by atoms with van der Waals surface area (Å²) in [5, 5.41) is 3.65. The van der Waals surface area contributed by atoms with Gasteiger partial charge in [0, 0.05) is 25.5 Å². The Morgan fingerprint density at radius 1 is 1.20 bits per heavy atom. The molecule has 0 aliphatic rings. The Hall–Kier alpha value is -1.61. The van der Waals surface area contributed by atoms with Crippen molar-refractivity contribution < 1.29 is 0 Å². The first kappa shape index (κ1) is 14.8. The maximum Gasteiger partial charge on any atom is 0.122 e. The number of aromatic nitrogens is 2. The summed E-state index contributed by atoms with van der Waals surface area (Å²) in [6, 6.07) is 11.1. The van der Waals surface area contributed by atoms with Crippen molar-refractivity contribution in [3.05, 3.63) is 54.1 Å². The molecule has 3 heteroatoms. The molecule has 0 bridgehead atoms. The van der Waals surface area contributed by atoms with Crippen molar-refractivity contribution in [1.82, 2.24) is 14.9 Å². The van der Waals surface area contributed by atoms with Crippen molar-refractivity contribution in [3.8, 4) is 0 Å². The van der Waals surface area contributed by atoms with Crippen LogP contribution in [0.3, 0.4) is 0 Å². The zero-order chi connectivity index (χ0) is 14.2. The van der Waals surface area contributed by atoms with Crippen LogP contribution in [0.2, 0.25) is 0 Å². The van der Waals surface area contributed by atoms with Crippen LogP contribution < -0.4 is 5.32 Å². The standard InChI is InChI=1S/C17H25N3/c1-3-4-6-11-16(15-9-7-5-8-10-15)19-14-17-18-12-13-20(17)2/h5,7-10,12-13,16,19H,3-4,6,11,14H2,1-2H3. The minimum atomic E-state index is 0.416. The fourth-order valence-corrected chi connectivity index (χ4v) is 2.45. The second-order valence-electron chi connectivity index (χ2n) is 5.29. The van der Waals surface area contributed by atoms with Gasteiger partial charge in [0.05, 0.1) is 6.54 Å². The fourth-order valence-electron chi connectivity index (χ4n) is 2.45. The molecule has 1 aromatic carbocycles. The van der Waals surface area contributed by atoms with Crippen molar-refractivity contribution in [2.45, 2.75) is 45.2 Å². The number of hydrogen-bond acceptors (Lipinski definition) is 2. The Morgan fingerprint density at radius 2 is 2.00 bits per heavy atom. The lowest BCUT2D eigenvalue weighted by molar-refractivity contribution is 0.463. The summed E-state index contributed by atoms with van der Waals surface area (Å²) in [6.45, 7) is 3.06. The zero-order valence-electron chi connectivity index (χ0n) is 12.5. The number of hydrogen-bond donors (Lipinski definition) is 1. The predicted molar refractivity (Wildman–Crippen MR) is 83.4 cm³/mol. The van der Waals surface area contributed by atoms with Crippen molar-refractivity contribution in [3.63, 3.8) is 0 Å². The van der Waals surface area contributed by atoms with Gasteiger partial charge in [-0.25, -0.2) is 4.98 Å². The Labute approximate surface area is 122 Å². The Bertz CT molecular complexity index is 490. The maximum absolute atomic E-state index is 4.38. The first-order valence-corrected chi connectivity index (χ1v) is 7.55. The van der Waals surface area contributed by atoms with Gasteiger partial charge in [-0.3, -0.25) is 0 Å². The third-order valence-corrected chi connectivity index (χ3v) is 3.73. The SMILES string of the molecule is CCCCCC(NCc1nccn1C)c1ccccc1. The van der Waals surface area contributed by atoms with E-state index in [2.05, 4.69) is 52.1 Å². The molecule has 0 aliphatic carbocycles. The van der Waals surface area contributed by atoms with E-state index in [1.54, 1.807) is 0 Å². The molecule has 0 amide bonds. The summed E-state index contributed by atoms with van der Waals surface area (Å²) in [5.41, 5.74) is 1.37. The number of nitrogens with zero attached hydrogens (tertiary/aromatic N) is 2. The average Bonchev–Trinajstić information content (AvgIpc) is 2.89. The Morgan fingerprint density at radius 3 is 2.65 bits per heavy atom. The second-order valence-corrected chi connectivity index (χ2v) is 5.29. The second kappa shape index (κ2) is 7.85. The fraction of sp³-hybridized carbons (Fsp3) is 0.471. The molecule has 20 heavy (non-hydrogen) atoms. The van der Waals surface area contributed by atoms with Crippen LogP contribution in [0, 0.1) is 0 Å². The number of aryl methyl sites for hydroxylation is 1. The molecule has 0 radical (unpaired) electrons. The van der Waals surface area contributed by atoms with E-state index in [-0.39, 0.29) is 0 Å². The summed E-state index contributed by atoms with van der Waals surface area (Å²) in [6.07, 6.45) is 8.86. The van der Waals surface area contributed by atoms with Gasteiger partial charge in [-0.05, 0) is 12.0 Å². The Balaban J connectivity index is 1.97. The first-order valence-electron chi connectivity index (χ1n) is 7.55. The highest BCUT2D eigenvalue weighted by atomic mass is 15.1. The Kier molecular flexibility index (Phi) is 5.81. The topological polar surface area (TPSA) is 29.9 Å². The molecule has 2 aromatic rings. The molecule has 108 valence electrons. The number of unbranched alkanes of at least 4 members (excludes halogenated alkanes) is 2. The summed E-state index contributed by atoms with van der Waals surface area (Å²) in [5.74, 6) is 1.08. The van der Waals surface area contributed by atoms with Gasteiger partial charge in [0.25, 0.3) is 0 Å². The van der Waals surface area contributed by atoms with E-state index < -0.39 is 0 Å². The van der Waals surface area contributed by atoms with Crippen molar-refractivity contribution >= 4 is 0 Å².